The summed E-state index contributed by atoms with van der Waals surface area (Å²) >= 11 is 0. The van der Waals surface area contributed by atoms with Gasteiger partial charge in [0.2, 0.25) is 0 Å². The molecule has 0 aliphatic heterocycles. The quantitative estimate of drug-likeness (QED) is 0.187. The van der Waals surface area contributed by atoms with E-state index in [0.29, 0.717) is 25.7 Å². The standard InChI is InChI=1S/C48H64O4/c1-45(2,3)37-21-29-17-31-23-38(46(4,5)6)25-33(42(31)50-14)19-35-27-40(48(10,11)12)28-36(44(35)52-16)20-34-26-39(47(7,8)9)24-32(43(34)51-15)18-30(22-37)41(29)49-13/h21-28H,17-20H2,1-16H3. The maximum atomic E-state index is 6.39. The lowest BCUT2D eigenvalue weighted by atomic mass is 9.79. The Balaban J connectivity index is 1.97. The van der Waals surface area contributed by atoms with Gasteiger partial charge in [0, 0.05) is 25.7 Å². The van der Waals surface area contributed by atoms with Crippen molar-refractivity contribution in [2.24, 2.45) is 0 Å². The van der Waals surface area contributed by atoms with E-state index in [0.717, 1.165) is 67.5 Å². The zero-order valence-electron chi connectivity index (χ0n) is 35.1. The molecule has 0 amide bonds. The number of rotatable bonds is 4. The second-order valence-electron chi connectivity index (χ2n) is 19.0. The lowest BCUT2D eigenvalue weighted by Gasteiger charge is -2.28. The topological polar surface area (TPSA) is 36.9 Å². The Labute approximate surface area is 315 Å². The summed E-state index contributed by atoms with van der Waals surface area (Å²) in [6, 6.07) is 18.8. The van der Waals surface area contributed by atoms with Crippen LogP contribution in [0.25, 0.3) is 0 Å². The molecule has 0 N–H and O–H groups in total. The van der Waals surface area contributed by atoms with E-state index >= 15 is 0 Å². The fourth-order valence-electron chi connectivity index (χ4n) is 7.67. The van der Waals surface area contributed by atoms with Gasteiger partial charge in [0.15, 0.2) is 0 Å². The van der Waals surface area contributed by atoms with Crippen LogP contribution >= 0.6 is 0 Å². The summed E-state index contributed by atoms with van der Waals surface area (Å²) in [6.45, 7) is 27.5. The van der Waals surface area contributed by atoms with Gasteiger partial charge in [-0.15, -0.1) is 0 Å². The number of ether oxygens (including phenoxy) is 4. The molecule has 4 heteroatoms. The highest BCUT2D eigenvalue weighted by Gasteiger charge is 2.28. The minimum atomic E-state index is -0.0638. The van der Waals surface area contributed by atoms with Crippen molar-refractivity contribution in [3.63, 3.8) is 0 Å². The molecular formula is C48H64O4. The second kappa shape index (κ2) is 14.1. The molecule has 0 heterocycles. The van der Waals surface area contributed by atoms with Gasteiger partial charge >= 0.3 is 0 Å². The van der Waals surface area contributed by atoms with Crippen molar-refractivity contribution < 1.29 is 18.9 Å². The molecule has 0 spiro atoms. The number of benzene rings is 4. The van der Waals surface area contributed by atoms with Crippen LogP contribution in [0.4, 0.5) is 0 Å². The molecule has 0 aromatic heterocycles. The fourth-order valence-corrected chi connectivity index (χ4v) is 7.67. The van der Waals surface area contributed by atoms with Crippen molar-refractivity contribution in [3.8, 4) is 23.0 Å². The summed E-state index contributed by atoms with van der Waals surface area (Å²) < 4.78 is 25.5. The van der Waals surface area contributed by atoms with E-state index in [4.69, 9.17) is 18.9 Å². The van der Waals surface area contributed by atoms with E-state index < -0.39 is 0 Å². The first kappa shape index (κ1) is 39.3. The highest BCUT2D eigenvalue weighted by Crippen LogP contribution is 2.44. The zero-order valence-corrected chi connectivity index (χ0v) is 35.1. The number of hydrogen-bond donors (Lipinski definition) is 0. The van der Waals surface area contributed by atoms with Gasteiger partial charge in [-0.1, -0.05) is 132 Å². The first-order valence-corrected chi connectivity index (χ1v) is 18.9. The summed E-state index contributed by atoms with van der Waals surface area (Å²) in [6.07, 6.45) is 2.70. The maximum Gasteiger partial charge on any atom is 0.125 e. The predicted octanol–water partition coefficient (Wildman–Crippen LogP) is 11.6. The number of hydrogen-bond acceptors (Lipinski definition) is 4. The van der Waals surface area contributed by atoms with Crippen LogP contribution in [-0.4, -0.2) is 28.4 Å². The molecule has 5 rings (SSSR count). The van der Waals surface area contributed by atoms with Crippen LogP contribution in [0.5, 0.6) is 23.0 Å². The van der Waals surface area contributed by atoms with Gasteiger partial charge in [-0.3, -0.25) is 0 Å². The molecule has 8 bridgehead atoms. The summed E-state index contributed by atoms with van der Waals surface area (Å²) in [5.41, 5.74) is 14.2. The fraction of sp³-hybridized carbons (Fsp3) is 0.500. The molecular weight excluding hydrogens is 641 g/mol. The second-order valence-corrected chi connectivity index (χ2v) is 19.0. The normalized spacial score (nSPS) is 13.8. The van der Waals surface area contributed by atoms with Crippen molar-refractivity contribution >= 4 is 0 Å². The van der Waals surface area contributed by atoms with Crippen LogP contribution < -0.4 is 18.9 Å². The Hall–Kier alpha value is -3.92. The van der Waals surface area contributed by atoms with Crippen LogP contribution in [0.15, 0.2) is 48.5 Å². The van der Waals surface area contributed by atoms with Gasteiger partial charge < -0.3 is 18.9 Å². The van der Waals surface area contributed by atoms with Crippen LogP contribution in [-0.2, 0) is 47.3 Å². The summed E-state index contributed by atoms with van der Waals surface area (Å²) in [5.74, 6) is 3.71. The Kier molecular flexibility index (Phi) is 10.7. The van der Waals surface area contributed by atoms with Gasteiger partial charge in [-0.2, -0.15) is 0 Å². The average molecular weight is 705 g/mol. The Morgan fingerprint density at radius 3 is 0.519 bits per heavy atom. The monoisotopic (exact) mass is 704 g/mol. The first-order valence-electron chi connectivity index (χ1n) is 18.9. The highest BCUT2D eigenvalue weighted by molar-refractivity contribution is 5.59. The summed E-state index contributed by atoms with van der Waals surface area (Å²) in [5, 5.41) is 0. The first-order chi connectivity index (χ1) is 24.1. The number of fused-ring (bicyclic) bond motifs is 8. The predicted molar refractivity (Wildman–Crippen MR) is 218 cm³/mol. The maximum absolute atomic E-state index is 6.39. The summed E-state index contributed by atoms with van der Waals surface area (Å²) in [4.78, 5) is 0. The van der Waals surface area contributed by atoms with E-state index in [1.807, 2.05) is 28.4 Å². The highest BCUT2D eigenvalue weighted by atomic mass is 16.5. The Morgan fingerprint density at radius 1 is 0.288 bits per heavy atom. The van der Waals surface area contributed by atoms with Crippen LogP contribution in [0.3, 0.4) is 0 Å². The van der Waals surface area contributed by atoms with E-state index in [1.165, 1.54) is 22.3 Å². The van der Waals surface area contributed by atoms with E-state index in [-0.39, 0.29) is 21.7 Å². The van der Waals surface area contributed by atoms with Gasteiger partial charge in [0.1, 0.15) is 23.0 Å². The molecule has 0 atom stereocenters. The molecule has 4 aromatic carbocycles. The molecule has 4 aromatic rings. The SMILES string of the molecule is COc1c2cc(C(C)(C)C)cc1Cc1cc(C(C)(C)C)cc(c1OC)Cc1cc(C(C)(C)C)cc(c1OC)Cc1cc(C(C)(C)C)cc(c1OC)C2. The third kappa shape index (κ3) is 8.02. The van der Waals surface area contributed by atoms with Crippen molar-refractivity contribution in [2.75, 3.05) is 28.4 Å². The largest absolute Gasteiger partial charge is 0.496 e. The Morgan fingerprint density at radius 2 is 0.423 bits per heavy atom. The molecule has 0 saturated heterocycles. The minimum absolute atomic E-state index is 0.0638. The summed E-state index contributed by atoms with van der Waals surface area (Å²) in [7, 11) is 7.24. The third-order valence-electron chi connectivity index (χ3n) is 10.8. The molecule has 0 saturated carbocycles. The van der Waals surface area contributed by atoms with E-state index in [2.05, 4.69) is 132 Å². The Bertz CT molecular complexity index is 1570. The lowest BCUT2D eigenvalue weighted by molar-refractivity contribution is 0.394. The van der Waals surface area contributed by atoms with Gasteiger partial charge in [0.05, 0.1) is 28.4 Å². The van der Waals surface area contributed by atoms with Gasteiger partial charge in [-0.05, 0) is 88.4 Å². The minimum Gasteiger partial charge on any atom is -0.496 e. The lowest BCUT2D eigenvalue weighted by Crippen LogP contribution is -2.17. The van der Waals surface area contributed by atoms with Gasteiger partial charge in [0.25, 0.3) is 0 Å². The van der Waals surface area contributed by atoms with Gasteiger partial charge in [-0.25, -0.2) is 0 Å². The van der Waals surface area contributed by atoms with E-state index in [9.17, 15) is 0 Å². The average Bonchev–Trinajstić information content (AvgIpc) is 3.02. The van der Waals surface area contributed by atoms with Crippen LogP contribution in [0.1, 0.15) is 150 Å². The number of methoxy groups -OCH3 is 4. The third-order valence-corrected chi connectivity index (χ3v) is 10.8. The van der Waals surface area contributed by atoms with E-state index in [1.54, 1.807) is 0 Å². The van der Waals surface area contributed by atoms with Crippen molar-refractivity contribution in [3.05, 3.63) is 115 Å². The van der Waals surface area contributed by atoms with Crippen LogP contribution in [0.2, 0.25) is 0 Å². The molecule has 4 nitrogen and oxygen atoms in total. The molecule has 280 valence electrons. The molecule has 0 radical (unpaired) electrons. The molecule has 1 aliphatic carbocycles. The van der Waals surface area contributed by atoms with Crippen molar-refractivity contribution in [1.29, 1.82) is 0 Å². The van der Waals surface area contributed by atoms with Crippen molar-refractivity contribution in [1.82, 2.24) is 0 Å². The molecule has 0 fully saturated rings. The molecule has 0 unspecified atom stereocenters. The van der Waals surface area contributed by atoms with Crippen molar-refractivity contribution in [2.45, 2.75) is 130 Å². The molecule has 1 aliphatic rings. The molecule has 52 heavy (non-hydrogen) atoms. The zero-order chi connectivity index (χ0) is 38.6. The smallest absolute Gasteiger partial charge is 0.125 e. The van der Waals surface area contributed by atoms with Crippen LogP contribution in [0, 0.1) is 0 Å².